The van der Waals surface area contributed by atoms with Gasteiger partial charge in [0.15, 0.2) is 0 Å². The Hall–Kier alpha value is -1.35. The summed E-state index contributed by atoms with van der Waals surface area (Å²) < 4.78 is 0. The molecule has 0 aromatic heterocycles. The van der Waals surface area contributed by atoms with Crippen molar-refractivity contribution in [3.8, 4) is 0 Å². The number of carbonyl (C=O) groups excluding carboxylic acids is 1. The number of nitrogens with one attached hydrogen (secondary N) is 1. The van der Waals surface area contributed by atoms with Crippen LogP contribution in [0.2, 0.25) is 0 Å². The first-order valence-corrected chi connectivity index (χ1v) is 7.27. The lowest BCUT2D eigenvalue weighted by atomic mass is 10.0. The van der Waals surface area contributed by atoms with Gasteiger partial charge in [-0.3, -0.25) is 4.79 Å². The standard InChI is InChI=1S/C16H24N2O/c1-3-18(15-10-11-17-12-15)16(19)9-8-14-7-5-4-6-13(14)2/h4-7,15,17H,3,8-12H2,1-2H3. The van der Waals surface area contributed by atoms with Crippen molar-refractivity contribution in [1.29, 1.82) is 0 Å². The van der Waals surface area contributed by atoms with Gasteiger partial charge in [-0.2, -0.15) is 0 Å². The van der Waals surface area contributed by atoms with Crippen LogP contribution in [0.3, 0.4) is 0 Å². The molecule has 1 N–H and O–H groups in total. The number of nitrogens with zero attached hydrogens (tertiary/aromatic N) is 1. The van der Waals surface area contributed by atoms with E-state index in [4.69, 9.17) is 0 Å². The Morgan fingerprint density at radius 2 is 2.21 bits per heavy atom. The van der Waals surface area contributed by atoms with Gasteiger partial charge in [0.2, 0.25) is 5.91 Å². The van der Waals surface area contributed by atoms with Crippen LogP contribution >= 0.6 is 0 Å². The van der Waals surface area contributed by atoms with E-state index in [1.54, 1.807) is 0 Å². The summed E-state index contributed by atoms with van der Waals surface area (Å²) in [6, 6.07) is 8.72. The van der Waals surface area contributed by atoms with Gasteiger partial charge in [0, 0.05) is 25.6 Å². The van der Waals surface area contributed by atoms with Gasteiger partial charge in [-0.25, -0.2) is 0 Å². The molecule has 1 aliphatic heterocycles. The molecule has 0 radical (unpaired) electrons. The molecule has 3 nitrogen and oxygen atoms in total. The van der Waals surface area contributed by atoms with E-state index in [9.17, 15) is 4.79 Å². The van der Waals surface area contributed by atoms with Crippen molar-refractivity contribution in [3.05, 3.63) is 35.4 Å². The zero-order valence-electron chi connectivity index (χ0n) is 12.0. The van der Waals surface area contributed by atoms with Crippen LogP contribution in [0.15, 0.2) is 24.3 Å². The number of likely N-dealkylation sites (N-methyl/N-ethyl adjacent to an activating group) is 1. The van der Waals surface area contributed by atoms with E-state index in [0.717, 1.165) is 32.5 Å². The highest BCUT2D eigenvalue weighted by atomic mass is 16.2. The summed E-state index contributed by atoms with van der Waals surface area (Å²) in [5.74, 6) is 0.291. The van der Waals surface area contributed by atoms with E-state index in [0.29, 0.717) is 18.4 Å². The van der Waals surface area contributed by atoms with Crippen LogP contribution in [0.1, 0.15) is 30.9 Å². The average Bonchev–Trinajstić information content (AvgIpc) is 2.92. The van der Waals surface area contributed by atoms with Crippen molar-refractivity contribution in [2.45, 2.75) is 39.2 Å². The summed E-state index contributed by atoms with van der Waals surface area (Å²) in [7, 11) is 0. The Bertz CT molecular complexity index is 425. The van der Waals surface area contributed by atoms with E-state index in [2.05, 4.69) is 31.3 Å². The van der Waals surface area contributed by atoms with Gasteiger partial charge in [-0.15, -0.1) is 0 Å². The maximum absolute atomic E-state index is 12.3. The molecule has 1 aromatic carbocycles. The SMILES string of the molecule is CCN(C(=O)CCc1ccccc1C)C1CCNC1. The van der Waals surface area contributed by atoms with Crippen molar-refractivity contribution >= 4 is 5.91 Å². The third-order valence-electron chi connectivity index (χ3n) is 4.01. The molecular weight excluding hydrogens is 236 g/mol. The van der Waals surface area contributed by atoms with Gasteiger partial charge < -0.3 is 10.2 Å². The molecule has 1 amide bonds. The average molecular weight is 260 g/mol. The van der Waals surface area contributed by atoms with Crippen LogP contribution in [0, 0.1) is 6.92 Å². The normalized spacial score (nSPS) is 18.5. The van der Waals surface area contributed by atoms with Crippen molar-refractivity contribution in [3.63, 3.8) is 0 Å². The lowest BCUT2D eigenvalue weighted by Crippen LogP contribution is -2.41. The fourth-order valence-electron chi connectivity index (χ4n) is 2.82. The van der Waals surface area contributed by atoms with Gasteiger partial charge >= 0.3 is 0 Å². The molecule has 0 saturated carbocycles. The van der Waals surface area contributed by atoms with Crippen molar-refractivity contribution in [2.24, 2.45) is 0 Å². The summed E-state index contributed by atoms with van der Waals surface area (Å²) in [5.41, 5.74) is 2.57. The molecule has 104 valence electrons. The minimum atomic E-state index is 0.291. The van der Waals surface area contributed by atoms with E-state index < -0.39 is 0 Å². The molecule has 1 saturated heterocycles. The van der Waals surface area contributed by atoms with Gasteiger partial charge in [0.25, 0.3) is 0 Å². The van der Waals surface area contributed by atoms with Crippen LogP contribution in [0.5, 0.6) is 0 Å². The molecule has 0 spiro atoms. The third-order valence-corrected chi connectivity index (χ3v) is 4.01. The van der Waals surface area contributed by atoms with Gasteiger partial charge in [-0.05, 0) is 44.4 Å². The van der Waals surface area contributed by atoms with Gasteiger partial charge in [-0.1, -0.05) is 24.3 Å². The minimum absolute atomic E-state index is 0.291. The molecule has 1 aromatic rings. The lowest BCUT2D eigenvalue weighted by Gasteiger charge is -2.27. The van der Waals surface area contributed by atoms with E-state index in [-0.39, 0.29) is 0 Å². The number of benzene rings is 1. The predicted octanol–water partition coefficient (Wildman–Crippen LogP) is 2.14. The van der Waals surface area contributed by atoms with Crippen LogP contribution in [-0.2, 0) is 11.2 Å². The Labute approximate surface area is 116 Å². The molecule has 19 heavy (non-hydrogen) atoms. The maximum atomic E-state index is 12.3. The molecule has 2 rings (SSSR count). The molecule has 3 heteroatoms. The first-order valence-electron chi connectivity index (χ1n) is 7.27. The number of amides is 1. The molecular formula is C16H24N2O. The van der Waals surface area contributed by atoms with Crippen molar-refractivity contribution < 1.29 is 4.79 Å². The van der Waals surface area contributed by atoms with Crippen molar-refractivity contribution in [2.75, 3.05) is 19.6 Å². The quantitative estimate of drug-likeness (QED) is 0.879. The molecule has 1 fully saturated rings. The molecule has 1 aliphatic rings. The molecule has 1 heterocycles. The highest BCUT2D eigenvalue weighted by Gasteiger charge is 2.24. The highest BCUT2D eigenvalue weighted by Crippen LogP contribution is 2.13. The van der Waals surface area contributed by atoms with Gasteiger partial charge in [0.05, 0.1) is 0 Å². The number of hydrogen-bond donors (Lipinski definition) is 1. The second-order valence-electron chi connectivity index (χ2n) is 5.25. The Morgan fingerprint density at radius 1 is 1.42 bits per heavy atom. The maximum Gasteiger partial charge on any atom is 0.223 e. The second kappa shape index (κ2) is 6.71. The predicted molar refractivity (Wildman–Crippen MR) is 78.2 cm³/mol. The highest BCUT2D eigenvalue weighted by molar-refractivity contribution is 5.77. The largest absolute Gasteiger partial charge is 0.339 e. The van der Waals surface area contributed by atoms with Gasteiger partial charge in [0.1, 0.15) is 0 Å². The third kappa shape index (κ3) is 3.57. The second-order valence-corrected chi connectivity index (χ2v) is 5.25. The van der Waals surface area contributed by atoms with E-state index in [1.807, 2.05) is 17.0 Å². The van der Waals surface area contributed by atoms with Crippen LogP contribution in [0.4, 0.5) is 0 Å². The fraction of sp³-hybridized carbons (Fsp3) is 0.562. The topological polar surface area (TPSA) is 32.3 Å². The summed E-state index contributed by atoms with van der Waals surface area (Å²) in [6.45, 7) is 6.98. The Balaban J connectivity index is 1.91. The van der Waals surface area contributed by atoms with Crippen LogP contribution in [-0.4, -0.2) is 36.5 Å². The summed E-state index contributed by atoms with van der Waals surface area (Å²) in [6.07, 6.45) is 2.56. The Morgan fingerprint density at radius 3 is 2.84 bits per heavy atom. The molecule has 0 aliphatic carbocycles. The minimum Gasteiger partial charge on any atom is -0.339 e. The molecule has 0 bridgehead atoms. The lowest BCUT2D eigenvalue weighted by molar-refractivity contribution is -0.132. The first-order chi connectivity index (χ1) is 9.22. The summed E-state index contributed by atoms with van der Waals surface area (Å²) >= 11 is 0. The molecule has 1 unspecified atom stereocenters. The van der Waals surface area contributed by atoms with Crippen molar-refractivity contribution in [1.82, 2.24) is 10.2 Å². The zero-order chi connectivity index (χ0) is 13.7. The van der Waals surface area contributed by atoms with E-state index in [1.165, 1.54) is 11.1 Å². The number of carbonyl (C=O) groups is 1. The summed E-state index contributed by atoms with van der Waals surface area (Å²) in [4.78, 5) is 14.4. The first kappa shape index (κ1) is 14.1. The number of hydrogen-bond acceptors (Lipinski definition) is 2. The zero-order valence-corrected chi connectivity index (χ0v) is 12.0. The monoisotopic (exact) mass is 260 g/mol. The number of aryl methyl sites for hydroxylation is 2. The van der Waals surface area contributed by atoms with Crippen LogP contribution in [0.25, 0.3) is 0 Å². The smallest absolute Gasteiger partial charge is 0.223 e. The summed E-state index contributed by atoms with van der Waals surface area (Å²) in [5, 5.41) is 3.33. The molecule has 1 atom stereocenters. The Kier molecular flexibility index (Phi) is 4.97. The number of rotatable bonds is 5. The van der Waals surface area contributed by atoms with E-state index >= 15 is 0 Å². The van der Waals surface area contributed by atoms with Crippen LogP contribution < -0.4 is 5.32 Å². The fourth-order valence-corrected chi connectivity index (χ4v) is 2.82.